The van der Waals surface area contributed by atoms with Gasteiger partial charge in [-0.1, -0.05) is 19.9 Å². The van der Waals surface area contributed by atoms with Crippen LogP contribution in [-0.2, 0) is 10.0 Å². The highest BCUT2D eigenvalue weighted by Gasteiger charge is 2.24. The number of aryl methyl sites for hydroxylation is 2. The molecule has 8 heteroatoms. The largest absolute Gasteiger partial charge is 0.366 e. The topological polar surface area (TPSA) is 110 Å². The number of benzene rings is 2. The van der Waals surface area contributed by atoms with Crippen LogP contribution < -0.4 is 11.1 Å². The van der Waals surface area contributed by atoms with E-state index in [2.05, 4.69) is 5.32 Å². The van der Waals surface area contributed by atoms with E-state index < -0.39 is 21.8 Å². The lowest BCUT2D eigenvalue weighted by atomic mass is 10.1. The molecule has 150 valence electrons. The number of sulfonamides is 1. The van der Waals surface area contributed by atoms with Crippen LogP contribution in [0.2, 0.25) is 0 Å². The van der Waals surface area contributed by atoms with E-state index in [1.54, 1.807) is 58.0 Å². The van der Waals surface area contributed by atoms with Gasteiger partial charge in [-0.05, 0) is 55.3 Å². The number of nitrogens with two attached hydrogens (primary N) is 1. The highest BCUT2D eigenvalue weighted by Crippen LogP contribution is 2.22. The first-order valence-electron chi connectivity index (χ1n) is 8.94. The van der Waals surface area contributed by atoms with E-state index in [9.17, 15) is 18.0 Å². The van der Waals surface area contributed by atoms with Crippen LogP contribution in [-0.4, -0.2) is 37.6 Å². The fourth-order valence-corrected chi connectivity index (χ4v) is 4.65. The number of primary amides is 1. The molecule has 2 amide bonds. The summed E-state index contributed by atoms with van der Waals surface area (Å²) < 4.78 is 27.0. The van der Waals surface area contributed by atoms with Gasteiger partial charge in [-0.15, -0.1) is 0 Å². The van der Waals surface area contributed by atoms with Gasteiger partial charge in [0.1, 0.15) is 0 Å². The van der Waals surface area contributed by atoms with Crippen molar-refractivity contribution in [2.45, 2.75) is 32.6 Å². The second kappa shape index (κ2) is 8.53. The van der Waals surface area contributed by atoms with E-state index in [4.69, 9.17) is 5.73 Å². The van der Waals surface area contributed by atoms with Crippen molar-refractivity contribution in [2.75, 3.05) is 18.4 Å². The Morgan fingerprint density at radius 3 is 2.18 bits per heavy atom. The minimum absolute atomic E-state index is 0.115. The molecule has 0 aliphatic carbocycles. The fraction of sp³-hybridized carbons (Fsp3) is 0.300. The maximum atomic E-state index is 12.8. The van der Waals surface area contributed by atoms with Gasteiger partial charge in [-0.3, -0.25) is 9.59 Å². The van der Waals surface area contributed by atoms with E-state index in [0.717, 1.165) is 0 Å². The van der Waals surface area contributed by atoms with Crippen molar-refractivity contribution in [2.24, 2.45) is 5.73 Å². The Kier molecular flexibility index (Phi) is 6.58. The molecular weight excluding hydrogens is 378 g/mol. The van der Waals surface area contributed by atoms with Crippen molar-refractivity contribution in [3.63, 3.8) is 0 Å². The summed E-state index contributed by atoms with van der Waals surface area (Å²) in [6.07, 6.45) is 0. The highest BCUT2D eigenvalue weighted by atomic mass is 32.2. The van der Waals surface area contributed by atoms with Crippen LogP contribution in [0.3, 0.4) is 0 Å². The normalized spacial score (nSPS) is 11.5. The van der Waals surface area contributed by atoms with E-state index >= 15 is 0 Å². The Morgan fingerprint density at radius 2 is 1.64 bits per heavy atom. The van der Waals surface area contributed by atoms with Crippen molar-refractivity contribution in [1.82, 2.24) is 4.31 Å². The molecule has 0 saturated heterocycles. The van der Waals surface area contributed by atoms with Crippen molar-refractivity contribution in [1.29, 1.82) is 0 Å². The Morgan fingerprint density at radius 1 is 1.00 bits per heavy atom. The lowest BCUT2D eigenvalue weighted by molar-refractivity contribution is 0.0997. The predicted molar refractivity (Wildman–Crippen MR) is 109 cm³/mol. The van der Waals surface area contributed by atoms with Crippen LogP contribution in [0, 0.1) is 13.8 Å². The van der Waals surface area contributed by atoms with Crippen LogP contribution in [0.5, 0.6) is 0 Å². The number of rotatable bonds is 7. The number of hydrogen-bond acceptors (Lipinski definition) is 4. The van der Waals surface area contributed by atoms with Gasteiger partial charge in [0.2, 0.25) is 15.9 Å². The number of carbonyl (C=O) groups excluding carboxylic acids is 2. The Hall–Kier alpha value is -2.71. The molecule has 0 radical (unpaired) electrons. The lowest BCUT2D eigenvalue weighted by Crippen LogP contribution is -2.31. The monoisotopic (exact) mass is 403 g/mol. The lowest BCUT2D eigenvalue weighted by Gasteiger charge is -2.20. The molecule has 3 N–H and O–H groups in total. The molecule has 2 aromatic rings. The van der Waals surface area contributed by atoms with Gasteiger partial charge < -0.3 is 11.1 Å². The van der Waals surface area contributed by atoms with E-state index in [1.165, 1.54) is 10.4 Å². The van der Waals surface area contributed by atoms with Gasteiger partial charge >= 0.3 is 0 Å². The summed E-state index contributed by atoms with van der Waals surface area (Å²) >= 11 is 0. The van der Waals surface area contributed by atoms with Gasteiger partial charge in [0, 0.05) is 29.9 Å². The fourth-order valence-electron chi connectivity index (χ4n) is 2.94. The number of carbonyl (C=O) groups is 2. The standard InChI is InChI=1S/C20H25N3O4S/c1-5-23(6-2)28(26,27)18-12-15(8-7-13(18)3)20(25)22-16-9-10-17(19(21)24)14(4)11-16/h7-12H,5-6H2,1-4H3,(H2,21,24)(H,22,25). The molecule has 0 atom stereocenters. The zero-order valence-electron chi connectivity index (χ0n) is 16.4. The van der Waals surface area contributed by atoms with E-state index in [0.29, 0.717) is 35.5 Å². The molecule has 2 rings (SSSR count). The zero-order valence-corrected chi connectivity index (χ0v) is 17.3. The average molecular weight is 404 g/mol. The third kappa shape index (κ3) is 4.40. The first-order valence-corrected chi connectivity index (χ1v) is 10.4. The quantitative estimate of drug-likeness (QED) is 0.740. The summed E-state index contributed by atoms with van der Waals surface area (Å²) in [7, 11) is -3.68. The molecule has 0 unspecified atom stereocenters. The van der Waals surface area contributed by atoms with Crippen molar-refractivity contribution >= 4 is 27.5 Å². The van der Waals surface area contributed by atoms with Crippen molar-refractivity contribution < 1.29 is 18.0 Å². The van der Waals surface area contributed by atoms with Crippen molar-refractivity contribution in [3.8, 4) is 0 Å². The molecular formula is C20H25N3O4S. The van der Waals surface area contributed by atoms with Crippen LogP contribution >= 0.6 is 0 Å². The Bertz CT molecular complexity index is 1010. The zero-order chi connectivity index (χ0) is 21.1. The predicted octanol–water partition coefficient (Wildman–Crippen LogP) is 2.69. The summed E-state index contributed by atoms with van der Waals surface area (Å²) in [4.78, 5) is 24.1. The second-order valence-corrected chi connectivity index (χ2v) is 8.32. The second-order valence-electron chi connectivity index (χ2n) is 6.42. The SMILES string of the molecule is CCN(CC)S(=O)(=O)c1cc(C(=O)Nc2ccc(C(N)=O)c(C)c2)ccc1C. The van der Waals surface area contributed by atoms with E-state index in [-0.39, 0.29) is 10.5 Å². The maximum Gasteiger partial charge on any atom is 0.255 e. The summed E-state index contributed by atoms with van der Waals surface area (Å²) in [6.45, 7) is 7.65. The number of nitrogens with zero attached hydrogens (tertiary/aromatic N) is 1. The first-order chi connectivity index (χ1) is 13.1. The summed E-state index contributed by atoms with van der Waals surface area (Å²) in [5.74, 6) is -0.984. The third-order valence-electron chi connectivity index (χ3n) is 4.52. The maximum absolute atomic E-state index is 12.8. The summed E-state index contributed by atoms with van der Waals surface area (Å²) in [5.41, 5.74) is 7.59. The van der Waals surface area contributed by atoms with Crippen LogP contribution in [0.1, 0.15) is 45.7 Å². The molecule has 0 saturated carbocycles. The van der Waals surface area contributed by atoms with Crippen LogP contribution in [0.15, 0.2) is 41.3 Å². The van der Waals surface area contributed by atoms with Crippen LogP contribution in [0.25, 0.3) is 0 Å². The summed E-state index contributed by atoms with van der Waals surface area (Å²) in [6, 6.07) is 9.34. The molecule has 7 nitrogen and oxygen atoms in total. The van der Waals surface area contributed by atoms with Gasteiger partial charge in [-0.2, -0.15) is 4.31 Å². The van der Waals surface area contributed by atoms with Gasteiger partial charge in [0.25, 0.3) is 5.91 Å². The third-order valence-corrected chi connectivity index (χ3v) is 6.72. The molecule has 0 heterocycles. The smallest absolute Gasteiger partial charge is 0.255 e. The number of hydrogen-bond donors (Lipinski definition) is 2. The first kappa shape index (κ1) is 21.6. The number of amides is 2. The highest BCUT2D eigenvalue weighted by molar-refractivity contribution is 7.89. The molecule has 0 aliphatic rings. The average Bonchev–Trinajstić information content (AvgIpc) is 2.62. The van der Waals surface area contributed by atoms with Gasteiger partial charge in [-0.25, -0.2) is 8.42 Å². The molecule has 0 aliphatic heterocycles. The minimum Gasteiger partial charge on any atom is -0.366 e. The Labute approximate surface area is 165 Å². The molecule has 0 spiro atoms. The molecule has 28 heavy (non-hydrogen) atoms. The Balaban J connectivity index is 2.35. The van der Waals surface area contributed by atoms with Crippen LogP contribution in [0.4, 0.5) is 5.69 Å². The van der Waals surface area contributed by atoms with Gasteiger partial charge in [0.05, 0.1) is 4.90 Å². The molecule has 0 fully saturated rings. The van der Waals surface area contributed by atoms with Gasteiger partial charge in [0.15, 0.2) is 0 Å². The summed E-state index contributed by atoms with van der Waals surface area (Å²) in [5, 5.41) is 2.72. The molecule has 0 bridgehead atoms. The number of anilines is 1. The minimum atomic E-state index is -3.68. The van der Waals surface area contributed by atoms with E-state index in [1.807, 2.05) is 0 Å². The number of nitrogens with one attached hydrogen (secondary N) is 1. The van der Waals surface area contributed by atoms with Crippen molar-refractivity contribution in [3.05, 3.63) is 58.7 Å². The molecule has 0 aromatic heterocycles. The molecule has 2 aromatic carbocycles.